The number of benzene rings is 3. The third-order valence-electron chi connectivity index (χ3n) is 5.31. The predicted octanol–water partition coefficient (Wildman–Crippen LogP) is 7.72. The second-order valence-electron chi connectivity index (χ2n) is 7.74. The molecule has 4 nitrogen and oxygen atoms in total. The maximum absolute atomic E-state index is 9.99. The van der Waals surface area contributed by atoms with Crippen molar-refractivity contribution in [3.63, 3.8) is 0 Å². The highest BCUT2D eigenvalue weighted by molar-refractivity contribution is 7.99. The Balaban J connectivity index is 1.59. The highest BCUT2D eigenvalue weighted by Crippen LogP contribution is 2.32. The molecule has 0 aliphatic carbocycles. The summed E-state index contributed by atoms with van der Waals surface area (Å²) in [6.07, 6.45) is 5.03. The van der Waals surface area contributed by atoms with Crippen molar-refractivity contribution in [1.82, 2.24) is 14.8 Å². The van der Waals surface area contributed by atoms with Crippen molar-refractivity contribution in [2.75, 3.05) is 5.75 Å². The molecule has 5 aromatic rings. The van der Waals surface area contributed by atoms with Crippen LogP contribution in [0.25, 0.3) is 38.8 Å². The fourth-order valence-electron chi connectivity index (χ4n) is 3.64. The summed E-state index contributed by atoms with van der Waals surface area (Å²) in [5.74, 6) is 1.10. The highest BCUT2D eigenvalue weighted by atomic mass is 32.2. The van der Waals surface area contributed by atoms with Crippen LogP contribution in [0.15, 0.2) is 90.0 Å². The summed E-state index contributed by atoms with van der Waals surface area (Å²) in [7, 11) is 0. The second-order valence-corrected chi connectivity index (χ2v) is 9.94. The summed E-state index contributed by atoms with van der Waals surface area (Å²) in [4.78, 5) is 5.93. The first-order valence-corrected chi connectivity index (χ1v) is 12.9. The van der Waals surface area contributed by atoms with Crippen LogP contribution in [-0.2, 0) is 0 Å². The Morgan fingerprint density at radius 3 is 2.53 bits per heavy atom. The number of thioether (sulfide) groups is 1. The Morgan fingerprint density at radius 2 is 1.79 bits per heavy atom. The number of aromatic nitrogens is 3. The summed E-state index contributed by atoms with van der Waals surface area (Å²) in [5, 5.41) is 15.6. The fourth-order valence-corrected chi connectivity index (χ4v) is 5.34. The van der Waals surface area contributed by atoms with E-state index in [0.29, 0.717) is 10.6 Å². The van der Waals surface area contributed by atoms with Crippen molar-refractivity contribution in [3.8, 4) is 23.0 Å². The lowest BCUT2D eigenvalue weighted by Crippen LogP contribution is -1.94. The van der Waals surface area contributed by atoms with Crippen molar-refractivity contribution >= 4 is 45.0 Å². The number of thiazole rings is 1. The molecule has 5 rings (SSSR count). The van der Waals surface area contributed by atoms with Crippen LogP contribution < -0.4 is 0 Å². The van der Waals surface area contributed by atoms with E-state index in [2.05, 4.69) is 42.2 Å². The van der Waals surface area contributed by atoms with Crippen LogP contribution in [0.4, 0.5) is 0 Å². The minimum atomic E-state index is 0.533. The monoisotopic (exact) mass is 478 g/mol. The molecule has 3 aromatic carbocycles. The Kier molecular flexibility index (Phi) is 6.57. The Hall–Kier alpha value is -3.66. The zero-order chi connectivity index (χ0) is 23.3. The van der Waals surface area contributed by atoms with Gasteiger partial charge in [0.15, 0.2) is 0 Å². The molecule has 34 heavy (non-hydrogen) atoms. The number of para-hydroxylation sites is 2. The number of nitriles is 1. The third-order valence-corrected chi connectivity index (χ3v) is 7.60. The first kappa shape index (κ1) is 22.1. The van der Waals surface area contributed by atoms with Gasteiger partial charge in [0, 0.05) is 22.2 Å². The maximum atomic E-state index is 9.99. The maximum Gasteiger partial charge on any atom is 0.135 e. The van der Waals surface area contributed by atoms with Crippen molar-refractivity contribution < 1.29 is 0 Å². The normalized spacial score (nSPS) is 11.6. The molecule has 0 saturated heterocycles. The van der Waals surface area contributed by atoms with Crippen molar-refractivity contribution in [2.24, 2.45) is 0 Å². The van der Waals surface area contributed by atoms with E-state index in [-0.39, 0.29) is 0 Å². The number of fused-ring (bicyclic) bond motifs is 1. The zero-order valence-corrected chi connectivity index (χ0v) is 20.3. The van der Waals surface area contributed by atoms with Gasteiger partial charge in [-0.3, -0.25) is 0 Å². The lowest BCUT2D eigenvalue weighted by atomic mass is 10.1. The number of nitrogens with zero attached hydrogens (tertiary/aromatic N) is 4. The molecule has 0 saturated carbocycles. The number of hydrogen-bond acceptors (Lipinski definition) is 5. The summed E-state index contributed by atoms with van der Waals surface area (Å²) in [6, 6.07) is 28.8. The standard InChI is InChI=1S/C28H22N4S2/c1-2-16-33-24-14-12-20(13-15-24)27-22(19-32(31-27)23-8-4-3-5-9-23)17-21(18-29)28-30-25-10-6-7-11-26(25)34-28/h3-15,17,19H,2,16H2,1H3/b21-17-. The van der Waals surface area contributed by atoms with E-state index in [1.165, 1.54) is 16.2 Å². The molecule has 0 N–H and O–H groups in total. The molecule has 0 fully saturated rings. The molecule has 0 spiro atoms. The largest absolute Gasteiger partial charge is 0.240 e. The molecule has 0 aliphatic rings. The third kappa shape index (κ3) is 4.67. The molecular weight excluding hydrogens is 456 g/mol. The molecule has 0 amide bonds. The quantitative estimate of drug-likeness (QED) is 0.177. The van der Waals surface area contributed by atoms with Gasteiger partial charge in [0.2, 0.25) is 0 Å². The molecule has 2 aromatic heterocycles. The van der Waals surface area contributed by atoms with Crippen molar-refractivity contribution in [2.45, 2.75) is 18.2 Å². The average Bonchev–Trinajstić information content (AvgIpc) is 3.51. The first-order chi connectivity index (χ1) is 16.7. The predicted molar refractivity (Wildman–Crippen MR) is 143 cm³/mol. The summed E-state index contributed by atoms with van der Waals surface area (Å²) >= 11 is 3.39. The number of rotatable bonds is 7. The molecule has 0 atom stereocenters. The lowest BCUT2D eigenvalue weighted by Gasteiger charge is -2.03. The van der Waals surface area contributed by atoms with Gasteiger partial charge in [0.1, 0.15) is 11.1 Å². The molecule has 6 heteroatoms. The van der Waals surface area contributed by atoms with Gasteiger partial charge in [-0.2, -0.15) is 10.4 Å². The Morgan fingerprint density at radius 1 is 1.03 bits per heavy atom. The van der Waals surface area contributed by atoms with Gasteiger partial charge in [0.25, 0.3) is 0 Å². The lowest BCUT2D eigenvalue weighted by molar-refractivity contribution is 0.884. The Labute approximate surface area is 207 Å². The van der Waals surface area contributed by atoms with Crippen LogP contribution in [0, 0.1) is 11.3 Å². The van der Waals surface area contributed by atoms with Gasteiger partial charge >= 0.3 is 0 Å². The Bertz CT molecular complexity index is 1460. The molecule has 0 radical (unpaired) electrons. The van der Waals surface area contributed by atoms with Crippen LogP contribution in [0.5, 0.6) is 0 Å². The van der Waals surface area contributed by atoms with E-state index in [1.54, 1.807) is 0 Å². The van der Waals surface area contributed by atoms with Gasteiger partial charge in [-0.1, -0.05) is 49.4 Å². The van der Waals surface area contributed by atoms with Crippen molar-refractivity contribution in [1.29, 1.82) is 5.26 Å². The SMILES string of the molecule is CCCSc1ccc(-c2nn(-c3ccccc3)cc2/C=C(/C#N)c2nc3ccccc3s2)cc1. The number of hydrogen-bond donors (Lipinski definition) is 0. The van der Waals surface area contributed by atoms with Crippen LogP contribution in [0.3, 0.4) is 0 Å². The average molecular weight is 479 g/mol. The fraction of sp³-hybridized carbons (Fsp3) is 0.107. The van der Waals surface area contributed by atoms with E-state index in [0.717, 1.165) is 44.9 Å². The van der Waals surface area contributed by atoms with E-state index < -0.39 is 0 Å². The van der Waals surface area contributed by atoms with Gasteiger partial charge in [-0.15, -0.1) is 23.1 Å². The van der Waals surface area contributed by atoms with Crippen LogP contribution in [0.1, 0.15) is 23.9 Å². The topological polar surface area (TPSA) is 54.5 Å². The minimum absolute atomic E-state index is 0.533. The first-order valence-electron chi connectivity index (χ1n) is 11.1. The van der Waals surface area contributed by atoms with E-state index >= 15 is 0 Å². The van der Waals surface area contributed by atoms with Gasteiger partial charge in [0.05, 0.1) is 27.2 Å². The zero-order valence-electron chi connectivity index (χ0n) is 18.7. The molecule has 2 heterocycles. The van der Waals surface area contributed by atoms with Crippen LogP contribution in [-0.4, -0.2) is 20.5 Å². The highest BCUT2D eigenvalue weighted by Gasteiger charge is 2.15. The van der Waals surface area contributed by atoms with Crippen LogP contribution >= 0.6 is 23.1 Å². The molecule has 166 valence electrons. The van der Waals surface area contributed by atoms with Gasteiger partial charge in [-0.25, -0.2) is 9.67 Å². The summed E-state index contributed by atoms with van der Waals surface area (Å²) in [6.45, 7) is 2.19. The summed E-state index contributed by atoms with van der Waals surface area (Å²) in [5.41, 5.74) is 5.15. The van der Waals surface area contributed by atoms with Crippen LogP contribution in [0.2, 0.25) is 0 Å². The van der Waals surface area contributed by atoms with E-state index in [1.807, 2.05) is 83.3 Å². The van der Waals surface area contributed by atoms with E-state index in [9.17, 15) is 5.26 Å². The minimum Gasteiger partial charge on any atom is -0.240 e. The molecule has 0 aliphatic heterocycles. The smallest absolute Gasteiger partial charge is 0.135 e. The van der Waals surface area contributed by atoms with Gasteiger partial charge in [-0.05, 0) is 54.6 Å². The van der Waals surface area contributed by atoms with Crippen molar-refractivity contribution in [3.05, 3.63) is 95.6 Å². The number of allylic oxidation sites excluding steroid dienone is 1. The second kappa shape index (κ2) is 10.1. The van der Waals surface area contributed by atoms with Gasteiger partial charge < -0.3 is 0 Å². The molecule has 0 unspecified atom stereocenters. The molecular formula is C28H22N4S2. The molecule has 0 bridgehead atoms. The van der Waals surface area contributed by atoms with E-state index in [4.69, 9.17) is 5.10 Å². The summed E-state index contributed by atoms with van der Waals surface area (Å²) < 4.78 is 2.94.